The molecule has 274 valence electrons. The molecule has 49 heavy (non-hydrogen) atoms. The van der Waals surface area contributed by atoms with Gasteiger partial charge in [0.15, 0.2) is 12.1 Å². The molecular weight excluding hydrogens is 642 g/mol. The Bertz CT molecular complexity index is 1240. The summed E-state index contributed by atoms with van der Waals surface area (Å²) in [4.78, 5) is 24.0. The lowest BCUT2D eigenvalue weighted by Gasteiger charge is -2.41. The second kappa shape index (κ2) is 21.3. The Morgan fingerprint density at radius 1 is 0.959 bits per heavy atom. The van der Waals surface area contributed by atoms with Crippen molar-refractivity contribution in [2.24, 2.45) is 5.92 Å². The van der Waals surface area contributed by atoms with Gasteiger partial charge in [-0.05, 0) is 13.0 Å². The topological polar surface area (TPSA) is 194 Å². The van der Waals surface area contributed by atoms with Crippen molar-refractivity contribution in [3.05, 3.63) is 47.8 Å². The Hall–Kier alpha value is -2.90. The van der Waals surface area contributed by atoms with Crippen LogP contribution in [-0.2, 0) is 51.1 Å². The highest BCUT2D eigenvalue weighted by Gasteiger charge is 2.57. The number of hydrogen-bond acceptors (Lipinski definition) is 14. The van der Waals surface area contributed by atoms with E-state index in [2.05, 4.69) is 20.9 Å². The van der Waals surface area contributed by atoms with E-state index in [1.807, 2.05) is 18.2 Å². The lowest BCUT2D eigenvalue weighted by Crippen LogP contribution is -2.60. The highest BCUT2D eigenvalue weighted by Crippen LogP contribution is 2.39. The van der Waals surface area contributed by atoms with Crippen molar-refractivity contribution in [2.45, 2.75) is 57.0 Å². The molecule has 2 fully saturated rings. The number of aliphatic hydroxyl groups is 2. The monoisotopic (exact) mass is 693 g/mol. The van der Waals surface area contributed by atoms with E-state index in [1.165, 1.54) is 0 Å². The van der Waals surface area contributed by atoms with Crippen molar-refractivity contribution in [1.82, 2.24) is 25.6 Å². The van der Waals surface area contributed by atoms with Crippen molar-refractivity contribution in [3.8, 4) is 0 Å². The van der Waals surface area contributed by atoms with Crippen molar-refractivity contribution in [2.75, 3.05) is 85.7 Å². The zero-order chi connectivity index (χ0) is 34.7. The normalized spacial score (nSPS) is 23.2. The maximum absolute atomic E-state index is 12.0. The predicted molar refractivity (Wildman–Crippen MR) is 174 cm³/mol. The maximum Gasteiger partial charge on any atom is 0.220 e. The van der Waals surface area contributed by atoms with E-state index in [0.717, 1.165) is 0 Å². The summed E-state index contributed by atoms with van der Waals surface area (Å²) in [6.07, 6.45) is 0.284. The van der Waals surface area contributed by atoms with Crippen LogP contribution >= 0.6 is 0 Å². The Kier molecular flexibility index (Phi) is 16.9. The van der Waals surface area contributed by atoms with Gasteiger partial charge in [0.25, 0.3) is 0 Å². The van der Waals surface area contributed by atoms with Gasteiger partial charge in [-0.25, -0.2) is 4.68 Å². The number of carbonyl (C=O) groups is 2. The minimum absolute atomic E-state index is 0.0296. The van der Waals surface area contributed by atoms with Gasteiger partial charge in [-0.2, -0.15) is 0 Å². The number of benzene rings is 1. The molecule has 2 aliphatic heterocycles. The first-order chi connectivity index (χ1) is 23.9. The van der Waals surface area contributed by atoms with Gasteiger partial charge in [0.05, 0.1) is 98.1 Å². The number of fused-ring (bicyclic) bond motifs is 2. The van der Waals surface area contributed by atoms with Crippen LogP contribution in [0.15, 0.2) is 36.5 Å². The summed E-state index contributed by atoms with van der Waals surface area (Å²) >= 11 is 0. The van der Waals surface area contributed by atoms with E-state index in [1.54, 1.807) is 29.9 Å². The van der Waals surface area contributed by atoms with E-state index < -0.39 is 24.1 Å². The Balaban J connectivity index is 0.887. The summed E-state index contributed by atoms with van der Waals surface area (Å²) in [6.45, 7) is 7.29. The predicted octanol–water partition coefficient (Wildman–Crippen LogP) is -0.287. The molecule has 1 aromatic heterocycles. The Morgan fingerprint density at radius 3 is 2.43 bits per heavy atom. The van der Waals surface area contributed by atoms with Crippen molar-refractivity contribution < 1.29 is 53.0 Å². The highest BCUT2D eigenvalue weighted by molar-refractivity contribution is 5.97. The highest BCUT2D eigenvalue weighted by atomic mass is 16.7. The summed E-state index contributed by atoms with van der Waals surface area (Å²) in [5.74, 6) is -0.331. The average Bonchev–Trinajstić information content (AvgIpc) is 3.75. The van der Waals surface area contributed by atoms with Gasteiger partial charge in [0.1, 0.15) is 17.4 Å². The first-order valence-electron chi connectivity index (χ1n) is 16.9. The molecule has 1 amide bonds. The van der Waals surface area contributed by atoms with Gasteiger partial charge >= 0.3 is 0 Å². The molecule has 16 heteroatoms. The maximum atomic E-state index is 12.0. The smallest absolute Gasteiger partial charge is 0.220 e. The molecule has 0 aliphatic carbocycles. The van der Waals surface area contributed by atoms with E-state index >= 15 is 0 Å². The number of carbonyl (C=O) groups excluding carboxylic acids is 2. The quantitative estimate of drug-likeness (QED) is 0.0742. The molecule has 3 heterocycles. The van der Waals surface area contributed by atoms with Crippen LogP contribution < -0.4 is 10.6 Å². The number of ketones is 1. The molecule has 4 rings (SSSR count). The number of nitrogens with zero attached hydrogens (tertiary/aromatic N) is 3. The van der Waals surface area contributed by atoms with Gasteiger partial charge in [0.2, 0.25) is 5.91 Å². The Labute approximate surface area is 286 Å². The molecule has 0 spiro atoms. The van der Waals surface area contributed by atoms with E-state index in [4.69, 9.17) is 33.2 Å². The summed E-state index contributed by atoms with van der Waals surface area (Å²) in [5.41, 5.74) is 0.318. The average molecular weight is 694 g/mol. The van der Waals surface area contributed by atoms with Crippen LogP contribution in [0.5, 0.6) is 0 Å². The molecule has 0 saturated carbocycles. The summed E-state index contributed by atoms with van der Waals surface area (Å²) in [6, 6.07) is 9.11. The first-order valence-corrected chi connectivity index (χ1v) is 16.9. The van der Waals surface area contributed by atoms with Crippen molar-refractivity contribution in [3.63, 3.8) is 0 Å². The van der Waals surface area contributed by atoms with Crippen molar-refractivity contribution in [1.29, 1.82) is 0 Å². The molecule has 0 radical (unpaired) electrons. The molecule has 4 N–H and O–H groups in total. The molecule has 2 aromatic rings. The van der Waals surface area contributed by atoms with Gasteiger partial charge in [0, 0.05) is 24.4 Å². The standard InChI is InChI=1S/C33H51N5O11/c1-25-30(41)31(42)33(24-48-32(25)49-33)23-47-19-18-45-17-16-44-15-14-43-13-11-38-21-27(36-37-38)22-46-12-10-35-29(40)8-5-9-34-20-28(39)26-6-3-2-4-7-26/h2-4,6-7,21,25,30-32,34,41-42H,5,8-20,22-24H2,1H3,(H,35,40)/t25-,30+,31+,32-,33-/m0/s1. The van der Waals surface area contributed by atoms with Crippen LogP contribution in [0.4, 0.5) is 0 Å². The fraction of sp³-hybridized carbons (Fsp3) is 0.697. The molecule has 2 aliphatic rings. The largest absolute Gasteiger partial charge is 0.390 e. The zero-order valence-corrected chi connectivity index (χ0v) is 28.2. The zero-order valence-electron chi connectivity index (χ0n) is 28.2. The molecule has 2 saturated heterocycles. The summed E-state index contributed by atoms with van der Waals surface area (Å²) in [7, 11) is 0. The SMILES string of the molecule is C[C@@H]1[C@H]2OC[C@](COCCOCCOCCOCCn3cc(COCCNC(=O)CCCNCC(=O)c4ccccc4)nn3)(O2)[C@H](O)[C@@H]1O. The van der Waals surface area contributed by atoms with Gasteiger partial charge in [-0.3, -0.25) is 9.59 Å². The lowest BCUT2D eigenvalue weighted by atomic mass is 9.86. The molecule has 2 bridgehead atoms. The number of hydrogen-bond donors (Lipinski definition) is 4. The number of rotatable bonds is 26. The number of Topliss-reactive ketones (excluding diaryl/α,β-unsaturated/α-hetero) is 1. The number of aromatic nitrogens is 3. The second-order valence-corrected chi connectivity index (χ2v) is 12.0. The van der Waals surface area contributed by atoms with E-state index in [0.29, 0.717) is 96.6 Å². The third-order valence-corrected chi connectivity index (χ3v) is 8.14. The van der Waals surface area contributed by atoms with E-state index in [-0.39, 0.29) is 44.0 Å². The van der Waals surface area contributed by atoms with Gasteiger partial charge in [-0.15, -0.1) is 5.10 Å². The van der Waals surface area contributed by atoms with Crippen LogP contribution in [0.3, 0.4) is 0 Å². The fourth-order valence-electron chi connectivity index (χ4n) is 5.26. The van der Waals surface area contributed by atoms with Crippen LogP contribution in [0.2, 0.25) is 0 Å². The minimum atomic E-state index is -1.07. The third kappa shape index (κ3) is 13.1. The molecule has 1 aromatic carbocycles. The van der Waals surface area contributed by atoms with Gasteiger partial charge < -0.3 is 54.0 Å². The first kappa shape index (κ1) is 38.9. The number of aliphatic hydroxyl groups excluding tert-OH is 2. The van der Waals surface area contributed by atoms with Crippen LogP contribution in [-0.4, -0.2) is 147 Å². The van der Waals surface area contributed by atoms with Gasteiger partial charge in [-0.1, -0.05) is 42.5 Å². The van der Waals surface area contributed by atoms with Crippen LogP contribution in [0, 0.1) is 5.92 Å². The van der Waals surface area contributed by atoms with Crippen molar-refractivity contribution >= 4 is 11.7 Å². The molecular formula is C33H51N5O11. The fourth-order valence-corrected chi connectivity index (χ4v) is 5.26. The van der Waals surface area contributed by atoms with E-state index in [9.17, 15) is 19.8 Å². The van der Waals surface area contributed by atoms with Crippen LogP contribution in [0.1, 0.15) is 35.8 Å². The van der Waals surface area contributed by atoms with Crippen LogP contribution in [0.25, 0.3) is 0 Å². The third-order valence-electron chi connectivity index (χ3n) is 8.14. The number of nitrogens with one attached hydrogen (secondary N) is 2. The summed E-state index contributed by atoms with van der Waals surface area (Å²) in [5, 5.41) is 34.7. The lowest BCUT2D eigenvalue weighted by molar-refractivity contribution is -0.248. The Morgan fingerprint density at radius 2 is 1.67 bits per heavy atom. The number of amides is 1. The second-order valence-electron chi connectivity index (χ2n) is 12.0. The minimum Gasteiger partial charge on any atom is -0.390 e. The summed E-state index contributed by atoms with van der Waals surface area (Å²) < 4.78 is 40.9. The molecule has 5 atom stereocenters. The molecule has 0 unspecified atom stereocenters. The number of ether oxygens (including phenoxy) is 7. The molecule has 16 nitrogen and oxygen atoms in total.